The van der Waals surface area contributed by atoms with Gasteiger partial charge >= 0.3 is 0 Å². The van der Waals surface area contributed by atoms with Crippen LogP contribution in [0.4, 0.5) is 5.13 Å². The fraction of sp³-hybridized carbons (Fsp3) is 0.667. The lowest BCUT2D eigenvalue weighted by Crippen LogP contribution is -2.31. The molecule has 0 saturated heterocycles. The van der Waals surface area contributed by atoms with Crippen molar-refractivity contribution in [2.45, 2.75) is 33.2 Å². The third kappa shape index (κ3) is 2.67. The lowest BCUT2D eigenvalue weighted by Gasteiger charge is -2.24. The summed E-state index contributed by atoms with van der Waals surface area (Å²) in [6, 6.07) is 2.50. The Morgan fingerprint density at radius 1 is 1.50 bits per heavy atom. The number of aryl methyl sites for hydroxylation is 1. The summed E-state index contributed by atoms with van der Waals surface area (Å²) < 4.78 is 0. The fourth-order valence-electron chi connectivity index (χ4n) is 1.15. The van der Waals surface area contributed by atoms with Crippen molar-refractivity contribution in [2.24, 2.45) is 0 Å². The van der Waals surface area contributed by atoms with Crippen molar-refractivity contribution in [2.75, 3.05) is 11.4 Å². The van der Waals surface area contributed by atoms with Gasteiger partial charge in [-0.3, -0.25) is 0 Å². The van der Waals surface area contributed by atoms with E-state index in [1.54, 1.807) is 11.3 Å². The van der Waals surface area contributed by atoms with Crippen molar-refractivity contribution in [1.29, 1.82) is 5.26 Å². The van der Waals surface area contributed by atoms with Crippen LogP contribution in [0.3, 0.4) is 0 Å². The van der Waals surface area contributed by atoms with E-state index in [1.807, 2.05) is 6.92 Å². The molecule has 14 heavy (non-hydrogen) atoms. The predicted molar refractivity (Wildman–Crippen MR) is 57.4 cm³/mol. The van der Waals surface area contributed by atoms with Gasteiger partial charge in [-0.1, -0.05) is 11.3 Å². The highest BCUT2D eigenvalue weighted by atomic mass is 32.1. The number of hydrogen-bond acceptors (Lipinski definition) is 5. The van der Waals surface area contributed by atoms with Gasteiger partial charge in [-0.05, 0) is 20.8 Å². The second kappa shape index (κ2) is 4.91. The van der Waals surface area contributed by atoms with E-state index in [-0.39, 0.29) is 0 Å². The summed E-state index contributed by atoms with van der Waals surface area (Å²) in [6.07, 6.45) is 0.525. The highest BCUT2D eigenvalue weighted by molar-refractivity contribution is 7.15. The minimum atomic E-state index is 0.357. The number of aromatic nitrogens is 2. The first-order valence-electron chi connectivity index (χ1n) is 4.59. The van der Waals surface area contributed by atoms with Crippen LogP contribution >= 0.6 is 11.3 Å². The highest BCUT2D eigenvalue weighted by Crippen LogP contribution is 2.21. The Labute approximate surface area is 88.2 Å². The smallest absolute Gasteiger partial charge is 0.208 e. The molecule has 1 aromatic rings. The zero-order valence-corrected chi connectivity index (χ0v) is 9.51. The van der Waals surface area contributed by atoms with Crippen LogP contribution in [0.25, 0.3) is 0 Å². The summed E-state index contributed by atoms with van der Waals surface area (Å²) in [5, 5.41) is 18.5. The fourth-order valence-corrected chi connectivity index (χ4v) is 1.99. The first kappa shape index (κ1) is 10.9. The van der Waals surface area contributed by atoms with E-state index in [1.165, 1.54) is 0 Å². The van der Waals surface area contributed by atoms with Crippen molar-refractivity contribution in [3.05, 3.63) is 5.01 Å². The minimum absolute atomic E-state index is 0.357. The summed E-state index contributed by atoms with van der Waals surface area (Å²) in [4.78, 5) is 2.11. The standard InChI is InChI=1S/C9H14N4S/c1-7(2)13(6-4-5-10)9-12-11-8(3)14-9/h7H,4,6H2,1-3H3. The molecule has 0 aliphatic carbocycles. The molecule has 0 atom stereocenters. The summed E-state index contributed by atoms with van der Waals surface area (Å²) in [7, 11) is 0. The molecule has 0 unspecified atom stereocenters. The maximum absolute atomic E-state index is 8.54. The van der Waals surface area contributed by atoms with Crippen LogP contribution in [0.15, 0.2) is 0 Å². The molecule has 0 aliphatic rings. The third-order valence-corrected chi connectivity index (χ3v) is 2.72. The van der Waals surface area contributed by atoms with Crippen molar-refractivity contribution >= 4 is 16.5 Å². The number of rotatable bonds is 4. The molecule has 0 N–H and O–H groups in total. The topological polar surface area (TPSA) is 52.8 Å². The van der Waals surface area contributed by atoms with Crippen molar-refractivity contribution in [3.63, 3.8) is 0 Å². The Morgan fingerprint density at radius 2 is 2.21 bits per heavy atom. The molecule has 0 amide bonds. The molecule has 0 saturated carbocycles. The maximum atomic E-state index is 8.54. The molecule has 0 aromatic carbocycles. The van der Waals surface area contributed by atoms with E-state index >= 15 is 0 Å². The molecule has 5 heteroatoms. The molecule has 0 bridgehead atoms. The summed E-state index contributed by atoms with van der Waals surface area (Å²) in [5.74, 6) is 0. The van der Waals surface area contributed by atoms with Crippen molar-refractivity contribution in [1.82, 2.24) is 10.2 Å². The number of nitrogens with zero attached hydrogens (tertiary/aromatic N) is 4. The molecule has 4 nitrogen and oxygen atoms in total. The Hall–Kier alpha value is -1.15. The van der Waals surface area contributed by atoms with Gasteiger partial charge in [-0.2, -0.15) is 5.26 Å². The first-order chi connectivity index (χ1) is 6.65. The summed E-state index contributed by atoms with van der Waals surface area (Å²) in [6.45, 7) is 6.84. The van der Waals surface area contributed by atoms with E-state index in [4.69, 9.17) is 5.26 Å². The van der Waals surface area contributed by atoms with Gasteiger partial charge in [0.15, 0.2) is 0 Å². The monoisotopic (exact) mass is 210 g/mol. The minimum Gasteiger partial charge on any atom is -0.343 e. The lowest BCUT2D eigenvalue weighted by atomic mass is 10.3. The molecule has 1 aromatic heterocycles. The first-order valence-corrected chi connectivity index (χ1v) is 5.40. The highest BCUT2D eigenvalue weighted by Gasteiger charge is 2.13. The van der Waals surface area contributed by atoms with Gasteiger partial charge in [0.1, 0.15) is 5.01 Å². The van der Waals surface area contributed by atoms with Gasteiger partial charge in [-0.25, -0.2) is 0 Å². The third-order valence-electron chi connectivity index (χ3n) is 1.85. The number of nitriles is 1. The Kier molecular flexibility index (Phi) is 3.84. The molecule has 0 aliphatic heterocycles. The molecule has 1 rings (SSSR count). The SMILES string of the molecule is Cc1nnc(N(CCC#N)C(C)C)s1. The van der Waals surface area contributed by atoms with Crippen LogP contribution in [0, 0.1) is 18.3 Å². The number of anilines is 1. The van der Waals surface area contributed by atoms with Crippen LogP contribution in [0.2, 0.25) is 0 Å². The average Bonchev–Trinajstić information content (AvgIpc) is 2.52. The van der Waals surface area contributed by atoms with Gasteiger partial charge in [0.2, 0.25) is 5.13 Å². The summed E-state index contributed by atoms with van der Waals surface area (Å²) >= 11 is 1.57. The predicted octanol–water partition coefficient (Wildman–Crippen LogP) is 1.97. The van der Waals surface area contributed by atoms with Gasteiger partial charge in [0.25, 0.3) is 0 Å². The maximum Gasteiger partial charge on any atom is 0.208 e. The molecule has 0 fully saturated rings. The molecular formula is C9H14N4S. The van der Waals surface area contributed by atoms with Crippen LogP contribution in [0.1, 0.15) is 25.3 Å². The average molecular weight is 210 g/mol. The molecular weight excluding hydrogens is 196 g/mol. The van der Waals surface area contributed by atoms with E-state index in [2.05, 4.69) is 35.0 Å². The van der Waals surface area contributed by atoms with Crippen molar-refractivity contribution in [3.8, 4) is 6.07 Å². The normalized spacial score (nSPS) is 10.2. The molecule has 1 heterocycles. The zero-order valence-electron chi connectivity index (χ0n) is 8.69. The molecule has 0 radical (unpaired) electrons. The van der Waals surface area contributed by atoms with E-state index in [0.717, 1.165) is 16.7 Å². The lowest BCUT2D eigenvalue weighted by molar-refractivity contribution is 0.680. The van der Waals surface area contributed by atoms with Crippen LogP contribution in [0.5, 0.6) is 0 Å². The summed E-state index contributed by atoms with van der Waals surface area (Å²) in [5.41, 5.74) is 0. The quantitative estimate of drug-likeness (QED) is 0.762. The molecule has 0 spiro atoms. The van der Waals surface area contributed by atoms with Crippen LogP contribution < -0.4 is 4.90 Å². The van der Waals surface area contributed by atoms with Crippen molar-refractivity contribution < 1.29 is 0 Å². The van der Waals surface area contributed by atoms with E-state index in [9.17, 15) is 0 Å². The number of hydrogen-bond donors (Lipinski definition) is 0. The Morgan fingerprint density at radius 3 is 2.64 bits per heavy atom. The van der Waals surface area contributed by atoms with E-state index < -0.39 is 0 Å². The van der Waals surface area contributed by atoms with Crippen LogP contribution in [-0.4, -0.2) is 22.8 Å². The van der Waals surface area contributed by atoms with Gasteiger partial charge < -0.3 is 4.90 Å². The Balaban J connectivity index is 2.73. The second-order valence-corrected chi connectivity index (χ2v) is 4.46. The van der Waals surface area contributed by atoms with E-state index in [0.29, 0.717) is 12.5 Å². The van der Waals surface area contributed by atoms with Gasteiger partial charge in [-0.15, -0.1) is 10.2 Å². The van der Waals surface area contributed by atoms with Gasteiger partial charge in [0.05, 0.1) is 12.5 Å². The zero-order chi connectivity index (χ0) is 10.6. The largest absolute Gasteiger partial charge is 0.343 e. The van der Waals surface area contributed by atoms with Gasteiger partial charge in [0, 0.05) is 12.6 Å². The Bertz CT molecular complexity index is 326. The second-order valence-electron chi connectivity index (χ2n) is 3.30. The van der Waals surface area contributed by atoms with Crippen LogP contribution in [-0.2, 0) is 0 Å². The molecule has 76 valence electrons.